The smallest absolute Gasteiger partial charge is 0.252 e. The van der Waals surface area contributed by atoms with Gasteiger partial charge in [-0.25, -0.2) is 0 Å². The summed E-state index contributed by atoms with van der Waals surface area (Å²) in [6.45, 7) is 3.73. The van der Waals surface area contributed by atoms with E-state index < -0.39 is 0 Å². The van der Waals surface area contributed by atoms with E-state index in [2.05, 4.69) is 59.2 Å². The molecule has 164 valence electrons. The highest BCUT2D eigenvalue weighted by atomic mass is 32.1. The van der Waals surface area contributed by atoms with Gasteiger partial charge in [-0.2, -0.15) is 0 Å². The van der Waals surface area contributed by atoms with E-state index in [4.69, 9.17) is 0 Å². The van der Waals surface area contributed by atoms with Crippen LogP contribution in [0.25, 0.3) is 11.1 Å². The van der Waals surface area contributed by atoms with Crippen LogP contribution in [0.2, 0.25) is 0 Å². The number of rotatable bonds is 6. The van der Waals surface area contributed by atoms with E-state index in [1.807, 2.05) is 13.0 Å². The molecule has 2 saturated carbocycles. The van der Waals surface area contributed by atoms with Gasteiger partial charge < -0.3 is 5.32 Å². The predicted molar refractivity (Wildman–Crippen MR) is 130 cm³/mol. The molecular weight excluding hydrogens is 414 g/mol. The van der Waals surface area contributed by atoms with Crippen molar-refractivity contribution < 1.29 is 9.59 Å². The van der Waals surface area contributed by atoms with Crippen molar-refractivity contribution in [2.24, 2.45) is 11.3 Å². The third-order valence-electron chi connectivity index (χ3n) is 7.36. The zero-order chi connectivity index (χ0) is 22.3. The second kappa shape index (κ2) is 8.32. The van der Waals surface area contributed by atoms with Crippen LogP contribution in [-0.4, -0.2) is 17.7 Å². The first-order chi connectivity index (χ1) is 15.4. The number of hydrogen-bond acceptors (Lipinski definition) is 3. The lowest BCUT2D eigenvalue weighted by Gasteiger charge is -2.57. The van der Waals surface area contributed by atoms with Crippen LogP contribution < -0.4 is 5.32 Å². The molecule has 0 atom stereocenters. The first-order valence-corrected chi connectivity index (χ1v) is 12.3. The van der Waals surface area contributed by atoms with Crippen molar-refractivity contribution in [3.63, 3.8) is 0 Å². The van der Waals surface area contributed by atoms with Gasteiger partial charge in [0.1, 0.15) is 5.78 Å². The molecule has 32 heavy (non-hydrogen) atoms. The number of thiophene rings is 1. The summed E-state index contributed by atoms with van der Waals surface area (Å²) in [4.78, 5) is 25.7. The Morgan fingerprint density at radius 2 is 1.62 bits per heavy atom. The molecular formula is C28H29NO2S. The molecule has 0 saturated heterocycles. The lowest BCUT2D eigenvalue weighted by molar-refractivity contribution is -0.134. The minimum atomic E-state index is 0.0574. The minimum absolute atomic E-state index is 0.0574. The van der Waals surface area contributed by atoms with Crippen molar-refractivity contribution in [2.45, 2.75) is 52.0 Å². The Labute approximate surface area is 193 Å². The molecule has 0 bridgehead atoms. The average Bonchev–Trinajstić information content (AvgIpc) is 3.09. The largest absolute Gasteiger partial charge is 0.349 e. The van der Waals surface area contributed by atoms with Crippen LogP contribution in [0.5, 0.6) is 0 Å². The van der Waals surface area contributed by atoms with Gasteiger partial charge in [-0.15, -0.1) is 11.3 Å². The van der Waals surface area contributed by atoms with Crippen LogP contribution >= 0.6 is 11.3 Å². The summed E-state index contributed by atoms with van der Waals surface area (Å²) in [5.74, 6) is 0.631. The fourth-order valence-electron chi connectivity index (χ4n) is 5.56. The summed E-state index contributed by atoms with van der Waals surface area (Å²) in [5, 5.41) is 5.39. The van der Waals surface area contributed by atoms with E-state index in [1.165, 1.54) is 16.7 Å². The average molecular weight is 444 g/mol. The third kappa shape index (κ3) is 4.04. The summed E-state index contributed by atoms with van der Waals surface area (Å²) >= 11 is 1.65. The highest BCUT2D eigenvalue weighted by Gasteiger charge is 2.54. The zero-order valence-electron chi connectivity index (χ0n) is 18.7. The molecule has 1 amide bonds. The SMILES string of the molecule is CC(=O)C1CC2(CC(NC(=O)c3c(Cc4ccc(-c5ccccc5)cc4)csc3C)C2)C1. The lowest BCUT2D eigenvalue weighted by atomic mass is 9.49. The van der Waals surface area contributed by atoms with Gasteiger partial charge in [0.05, 0.1) is 5.56 Å². The summed E-state index contributed by atoms with van der Waals surface area (Å²) in [6, 6.07) is 19.3. The fourth-order valence-corrected chi connectivity index (χ4v) is 6.42. The van der Waals surface area contributed by atoms with Crippen LogP contribution in [0.15, 0.2) is 60.0 Å². The van der Waals surface area contributed by atoms with Gasteiger partial charge in [0.2, 0.25) is 0 Å². The Hall–Kier alpha value is -2.72. The van der Waals surface area contributed by atoms with Crippen LogP contribution in [-0.2, 0) is 11.2 Å². The van der Waals surface area contributed by atoms with E-state index in [-0.39, 0.29) is 17.9 Å². The molecule has 0 unspecified atom stereocenters. The van der Waals surface area contributed by atoms with Gasteiger partial charge in [0, 0.05) is 16.8 Å². The second-order valence-corrected chi connectivity index (χ2v) is 10.8. The Bertz CT molecular complexity index is 1130. The third-order valence-corrected chi connectivity index (χ3v) is 8.32. The van der Waals surface area contributed by atoms with Crippen LogP contribution in [0, 0.1) is 18.3 Å². The monoisotopic (exact) mass is 443 g/mol. The quantitative estimate of drug-likeness (QED) is 0.494. The summed E-state index contributed by atoms with van der Waals surface area (Å²) in [6.07, 6.45) is 4.81. The number of benzene rings is 2. The highest BCUT2D eigenvalue weighted by molar-refractivity contribution is 7.10. The summed E-state index contributed by atoms with van der Waals surface area (Å²) in [7, 11) is 0. The first kappa shape index (κ1) is 21.1. The number of carbonyl (C=O) groups is 2. The van der Waals surface area contributed by atoms with Crippen molar-refractivity contribution in [3.05, 3.63) is 81.5 Å². The maximum absolute atomic E-state index is 13.1. The molecule has 2 aliphatic carbocycles. The molecule has 2 aliphatic rings. The number of aryl methyl sites for hydroxylation is 1. The lowest BCUT2D eigenvalue weighted by Crippen LogP contribution is -2.57. The first-order valence-electron chi connectivity index (χ1n) is 11.5. The van der Waals surface area contributed by atoms with Gasteiger partial charge in [-0.1, -0.05) is 54.6 Å². The Morgan fingerprint density at radius 1 is 0.969 bits per heavy atom. The summed E-state index contributed by atoms with van der Waals surface area (Å²) < 4.78 is 0. The van der Waals surface area contributed by atoms with E-state index >= 15 is 0 Å². The van der Waals surface area contributed by atoms with Crippen molar-refractivity contribution in [1.82, 2.24) is 5.32 Å². The van der Waals surface area contributed by atoms with Gasteiger partial charge >= 0.3 is 0 Å². The molecule has 0 aliphatic heterocycles. The van der Waals surface area contributed by atoms with E-state index in [9.17, 15) is 9.59 Å². The normalized spacial score (nSPS) is 23.9. The number of amides is 1. The summed E-state index contributed by atoms with van der Waals surface area (Å²) in [5.41, 5.74) is 5.90. The number of ketones is 1. The van der Waals surface area contributed by atoms with Crippen LogP contribution in [0.1, 0.15) is 59.0 Å². The van der Waals surface area contributed by atoms with Gasteiger partial charge in [0.25, 0.3) is 5.91 Å². The second-order valence-electron chi connectivity index (χ2n) is 9.73. The van der Waals surface area contributed by atoms with Crippen LogP contribution in [0.4, 0.5) is 0 Å². The van der Waals surface area contributed by atoms with Gasteiger partial charge in [0.15, 0.2) is 0 Å². The molecule has 2 aromatic carbocycles. The molecule has 2 fully saturated rings. The maximum atomic E-state index is 13.1. The molecule has 3 nitrogen and oxygen atoms in total. The standard InChI is InChI=1S/C28H29NO2S/c1-18(30)24-13-28(14-24)15-25(16-28)29-27(31)26-19(2)32-17-23(26)12-20-8-10-22(11-9-20)21-6-4-3-5-7-21/h3-11,17,24-25H,12-16H2,1-2H3,(H,29,31). The Morgan fingerprint density at radius 3 is 2.28 bits per heavy atom. The number of Topliss-reactive ketones (excluding diaryl/α,β-unsaturated/α-hetero) is 1. The Kier molecular flexibility index (Phi) is 5.50. The van der Waals surface area contributed by atoms with Gasteiger partial charge in [-0.3, -0.25) is 9.59 Å². The minimum Gasteiger partial charge on any atom is -0.349 e. The van der Waals surface area contributed by atoms with E-state index in [0.29, 0.717) is 11.2 Å². The molecule has 1 heterocycles. The molecule has 4 heteroatoms. The highest BCUT2D eigenvalue weighted by Crippen LogP contribution is 2.58. The Balaban J connectivity index is 1.22. The maximum Gasteiger partial charge on any atom is 0.252 e. The predicted octanol–water partition coefficient (Wildman–Crippen LogP) is 6.19. The van der Waals surface area contributed by atoms with Gasteiger partial charge in [-0.05, 0) is 79.0 Å². The number of carbonyl (C=O) groups excluding carboxylic acids is 2. The molecule has 3 aromatic rings. The fraction of sp³-hybridized carbons (Fsp3) is 0.357. The zero-order valence-corrected chi connectivity index (χ0v) is 19.5. The number of nitrogens with one attached hydrogen (secondary N) is 1. The van der Waals surface area contributed by atoms with Crippen molar-refractivity contribution in [3.8, 4) is 11.1 Å². The molecule has 0 radical (unpaired) electrons. The van der Waals surface area contributed by atoms with Crippen molar-refractivity contribution >= 4 is 23.0 Å². The van der Waals surface area contributed by atoms with Crippen LogP contribution in [0.3, 0.4) is 0 Å². The van der Waals surface area contributed by atoms with E-state index in [1.54, 1.807) is 18.3 Å². The van der Waals surface area contributed by atoms with Crippen molar-refractivity contribution in [2.75, 3.05) is 0 Å². The number of hydrogen-bond donors (Lipinski definition) is 1. The molecule has 1 aromatic heterocycles. The molecule has 5 rings (SSSR count). The molecule has 1 N–H and O–H groups in total. The van der Waals surface area contributed by atoms with Crippen molar-refractivity contribution in [1.29, 1.82) is 0 Å². The topological polar surface area (TPSA) is 46.2 Å². The van der Waals surface area contributed by atoms with E-state index in [0.717, 1.165) is 48.1 Å². The molecule has 1 spiro atoms.